The number of hydrogen-bond acceptors (Lipinski definition) is 0. The molecule has 0 saturated heterocycles. The van der Waals surface area contributed by atoms with E-state index >= 15 is 0 Å². The molecule has 0 heterocycles. The lowest BCUT2D eigenvalue weighted by Crippen LogP contribution is -2.12. The Morgan fingerprint density at radius 2 is 0.929 bits per heavy atom. The molecular weight excluding hydrogens is 166 g/mol. The predicted octanol–water partition coefficient (Wildman–Crippen LogP) is 0.941. The fraction of sp³-hybridized carbons (Fsp3) is 0. The summed E-state index contributed by atoms with van der Waals surface area (Å²) in [5.41, 5.74) is 3.49. The zero-order valence-corrected chi connectivity index (χ0v) is 7.77. The third-order valence-electron chi connectivity index (χ3n) is 2.21. The van der Waals surface area contributed by atoms with Crippen molar-refractivity contribution in [2.45, 2.75) is 0 Å². The summed E-state index contributed by atoms with van der Waals surface area (Å²) >= 11 is 0. The van der Waals surface area contributed by atoms with Gasteiger partial charge in [-0.1, -0.05) is 59.5 Å². The van der Waals surface area contributed by atoms with Crippen LogP contribution < -0.4 is 10.9 Å². The van der Waals surface area contributed by atoms with Gasteiger partial charge in [-0.05, 0) is 11.1 Å². The van der Waals surface area contributed by atoms with Crippen LogP contribution in [0.2, 0.25) is 0 Å². The van der Waals surface area contributed by atoms with E-state index in [0.717, 1.165) is 22.1 Å². The minimum absolute atomic E-state index is 0.755. The molecule has 0 fully saturated rings. The Morgan fingerprint density at radius 3 is 1.29 bits per heavy atom. The van der Waals surface area contributed by atoms with Crippen LogP contribution in [0.15, 0.2) is 48.5 Å². The van der Waals surface area contributed by atoms with Crippen LogP contribution in [0.1, 0.15) is 0 Å². The van der Waals surface area contributed by atoms with E-state index in [1.807, 2.05) is 48.5 Å². The van der Waals surface area contributed by atoms with Crippen LogP contribution in [0.5, 0.6) is 0 Å². The number of hydrogen-bond donors (Lipinski definition) is 0. The summed E-state index contributed by atoms with van der Waals surface area (Å²) in [5.74, 6) is 0. The minimum Gasteiger partial charge on any atom is -0.0890 e. The molecule has 14 heavy (non-hydrogen) atoms. The van der Waals surface area contributed by atoms with Gasteiger partial charge in [0.15, 0.2) is 0 Å². The highest BCUT2D eigenvalue weighted by atomic mass is 14.0. The number of rotatable bonds is 1. The van der Waals surface area contributed by atoms with Gasteiger partial charge in [0.05, 0.1) is 0 Å². The molecule has 0 saturated carbocycles. The van der Waals surface area contributed by atoms with Crippen molar-refractivity contribution in [2.24, 2.45) is 0 Å². The zero-order valence-electron chi connectivity index (χ0n) is 7.77. The van der Waals surface area contributed by atoms with Crippen molar-refractivity contribution in [3.05, 3.63) is 48.5 Å². The van der Waals surface area contributed by atoms with Gasteiger partial charge in [0.1, 0.15) is 15.7 Å². The molecule has 2 aromatic carbocycles. The van der Waals surface area contributed by atoms with Gasteiger partial charge in [-0.15, -0.1) is 0 Å². The lowest BCUT2D eigenvalue weighted by atomic mass is 9.81. The highest BCUT2D eigenvalue weighted by Crippen LogP contribution is 2.12. The largest absolute Gasteiger partial charge is 0.114 e. The zero-order chi connectivity index (χ0) is 9.97. The Kier molecular flexibility index (Phi) is 2.45. The average molecular weight is 174 g/mol. The van der Waals surface area contributed by atoms with Crippen molar-refractivity contribution < 1.29 is 0 Å². The van der Waals surface area contributed by atoms with Crippen LogP contribution in [0.3, 0.4) is 0 Å². The van der Waals surface area contributed by atoms with E-state index in [4.69, 9.17) is 15.7 Å². The van der Waals surface area contributed by atoms with E-state index in [0.29, 0.717) is 0 Å². The Morgan fingerprint density at radius 1 is 0.571 bits per heavy atom. The topological polar surface area (TPSA) is 0 Å². The molecule has 0 nitrogen and oxygen atoms in total. The molecule has 2 aromatic rings. The van der Waals surface area contributed by atoms with Gasteiger partial charge in [0.25, 0.3) is 0 Å². The predicted molar refractivity (Wildman–Crippen MR) is 62.7 cm³/mol. The third-order valence-corrected chi connectivity index (χ3v) is 2.21. The molecule has 0 aliphatic carbocycles. The molecule has 0 N–H and O–H groups in total. The maximum absolute atomic E-state index is 5.87. The Balaban J connectivity index is 2.61. The molecule has 0 atom stereocenters. The molecule has 2 rings (SSSR count). The van der Waals surface area contributed by atoms with Crippen LogP contribution in [-0.4, -0.2) is 15.7 Å². The van der Waals surface area contributed by atoms with Crippen LogP contribution in [0.25, 0.3) is 11.1 Å². The molecule has 0 unspecified atom stereocenters. The molecule has 4 radical (unpaired) electrons. The first-order chi connectivity index (χ1) is 6.79. The normalized spacial score (nSPS) is 10.0. The van der Waals surface area contributed by atoms with E-state index in [1.54, 1.807) is 0 Å². The first-order valence-electron chi connectivity index (χ1n) is 4.48. The van der Waals surface area contributed by atoms with Crippen molar-refractivity contribution in [1.82, 2.24) is 0 Å². The fourth-order valence-corrected chi connectivity index (χ4v) is 1.48. The molecule has 62 valence electrons. The smallest absolute Gasteiger partial charge is 0.0890 e. The standard InChI is InChI=1S/C12H8B2/c13-11-7-3-1-5-9(11)10-6-2-4-8-12(10)14/h1-8H. The van der Waals surface area contributed by atoms with E-state index in [1.165, 1.54) is 0 Å². The molecule has 0 aliphatic rings. The quantitative estimate of drug-likeness (QED) is 0.564. The van der Waals surface area contributed by atoms with Gasteiger partial charge in [-0.25, -0.2) is 0 Å². The second-order valence-electron chi connectivity index (χ2n) is 3.17. The maximum atomic E-state index is 5.87. The molecule has 0 bridgehead atoms. The van der Waals surface area contributed by atoms with Crippen LogP contribution in [-0.2, 0) is 0 Å². The van der Waals surface area contributed by atoms with Gasteiger partial charge in [0.2, 0.25) is 0 Å². The van der Waals surface area contributed by atoms with Gasteiger partial charge < -0.3 is 0 Å². The van der Waals surface area contributed by atoms with Gasteiger partial charge in [-0.2, -0.15) is 0 Å². The molecule has 0 aliphatic heterocycles. The summed E-state index contributed by atoms with van der Waals surface area (Å²) in [6.45, 7) is 0. The minimum atomic E-state index is 0.755. The number of benzene rings is 2. The van der Waals surface area contributed by atoms with Gasteiger partial charge >= 0.3 is 0 Å². The Labute approximate surface area is 86.8 Å². The summed E-state index contributed by atoms with van der Waals surface area (Å²) in [7, 11) is 11.7. The second-order valence-corrected chi connectivity index (χ2v) is 3.17. The Bertz CT molecular complexity index is 406. The van der Waals surface area contributed by atoms with Gasteiger partial charge in [-0.3, -0.25) is 0 Å². The summed E-state index contributed by atoms with van der Waals surface area (Å²) in [4.78, 5) is 0. The van der Waals surface area contributed by atoms with E-state index in [-0.39, 0.29) is 0 Å². The molecule has 2 heteroatoms. The van der Waals surface area contributed by atoms with Crippen LogP contribution in [0.4, 0.5) is 0 Å². The molecule has 0 spiro atoms. The summed E-state index contributed by atoms with van der Waals surface area (Å²) in [5, 5.41) is 0. The van der Waals surface area contributed by atoms with E-state index < -0.39 is 0 Å². The highest BCUT2D eigenvalue weighted by molar-refractivity contribution is 6.40. The van der Waals surface area contributed by atoms with Gasteiger partial charge in [0, 0.05) is 0 Å². The first-order valence-corrected chi connectivity index (χ1v) is 4.48. The summed E-state index contributed by atoms with van der Waals surface area (Å²) in [6, 6.07) is 15.4. The highest BCUT2D eigenvalue weighted by Gasteiger charge is 2.01. The SMILES string of the molecule is [B]c1ccccc1-c1ccccc1[B]. The fourth-order valence-electron chi connectivity index (χ4n) is 1.48. The first kappa shape index (κ1) is 9.14. The van der Waals surface area contributed by atoms with Crippen molar-refractivity contribution in [2.75, 3.05) is 0 Å². The summed E-state index contributed by atoms with van der Waals surface area (Å²) in [6.07, 6.45) is 0. The monoisotopic (exact) mass is 174 g/mol. The van der Waals surface area contributed by atoms with Crippen LogP contribution in [0, 0.1) is 0 Å². The average Bonchev–Trinajstić information content (AvgIpc) is 2.20. The van der Waals surface area contributed by atoms with Crippen molar-refractivity contribution in [1.29, 1.82) is 0 Å². The maximum Gasteiger partial charge on any atom is 0.114 e. The molecular formula is C12H8B2. The third kappa shape index (κ3) is 1.60. The molecule has 0 aromatic heterocycles. The lowest BCUT2D eigenvalue weighted by molar-refractivity contribution is 1.68. The van der Waals surface area contributed by atoms with Crippen molar-refractivity contribution in [3.8, 4) is 11.1 Å². The molecule has 0 amide bonds. The van der Waals surface area contributed by atoms with E-state index in [9.17, 15) is 0 Å². The van der Waals surface area contributed by atoms with Crippen molar-refractivity contribution >= 4 is 26.6 Å². The summed E-state index contributed by atoms with van der Waals surface area (Å²) < 4.78 is 0. The van der Waals surface area contributed by atoms with Crippen LogP contribution >= 0.6 is 0 Å². The Hall–Kier alpha value is -1.43. The second kappa shape index (κ2) is 3.75. The van der Waals surface area contributed by atoms with Crippen molar-refractivity contribution in [3.63, 3.8) is 0 Å². The lowest BCUT2D eigenvalue weighted by Gasteiger charge is -2.09. The van der Waals surface area contributed by atoms with E-state index in [2.05, 4.69) is 0 Å².